The zero-order chi connectivity index (χ0) is 13.2. The molecule has 0 aliphatic carbocycles. The molecular weight excluding hydrogens is 268 g/mol. The largest absolute Gasteiger partial charge is 0.471 e. The molecule has 0 saturated carbocycles. The van der Waals surface area contributed by atoms with Gasteiger partial charge >= 0.3 is 0 Å². The molecule has 1 aromatic carbocycles. The maximum atomic E-state index is 11.7. The quantitative estimate of drug-likeness (QED) is 0.871. The number of nitrogens with one attached hydrogen (secondary N) is 2. The van der Waals surface area contributed by atoms with Gasteiger partial charge in [-0.2, -0.15) is 0 Å². The van der Waals surface area contributed by atoms with Gasteiger partial charge in [-0.25, -0.2) is 0 Å². The minimum Gasteiger partial charge on any atom is -0.471 e. The number of rotatable bonds is 2. The monoisotopic (exact) mass is 282 g/mol. The van der Waals surface area contributed by atoms with Gasteiger partial charge < -0.3 is 20.1 Å². The van der Waals surface area contributed by atoms with Gasteiger partial charge in [-0.15, -0.1) is 0 Å². The Morgan fingerprint density at radius 3 is 2.89 bits per heavy atom. The summed E-state index contributed by atoms with van der Waals surface area (Å²) in [5.41, 5.74) is 1.29. The van der Waals surface area contributed by atoms with Crippen LogP contribution in [0.3, 0.4) is 0 Å². The predicted octanol–water partition coefficient (Wildman–Crippen LogP) is 2.01. The van der Waals surface area contributed by atoms with E-state index < -0.39 is 0 Å². The fourth-order valence-electron chi connectivity index (χ4n) is 2.32. The molecule has 0 aromatic heterocycles. The van der Waals surface area contributed by atoms with Crippen LogP contribution in [0.25, 0.3) is 0 Å². The Kier molecular flexibility index (Phi) is 3.48. The number of anilines is 1. The highest BCUT2D eigenvalue weighted by Crippen LogP contribution is 2.37. The van der Waals surface area contributed by atoms with Gasteiger partial charge in [-0.3, -0.25) is 4.79 Å². The Labute approximate surface area is 116 Å². The maximum absolute atomic E-state index is 11.7. The summed E-state index contributed by atoms with van der Waals surface area (Å²) >= 11 is 6.31. The first-order chi connectivity index (χ1) is 9.25. The number of carbonyl (C=O) groups is 1. The molecule has 2 heterocycles. The first-order valence-electron chi connectivity index (χ1n) is 6.33. The molecule has 5 nitrogen and oxygen atoms in total. The third kappa shape index (κ3) is 2.48. The van der Waals surface area contributed by atoms with E-state index in [0.29, 0.717) is 22.4 Å². The van der Waals surface area contributed by atoms with Crippen molar-refractivity contribution in [1.29, 1.82) is 0 Å². The Hall–Kier alpha value is -1.46. The molecule has 2 aliphatic rings. The Morgan fingerprint density at radius 2 is 2.11 bits per heavy atom. The molecule has 0 radical (unpaired) electrons. The molecule has 1 aromatic rings. The van der Waals surface area contributed by atoms with Crippen molar-refractivity contribution >= 4 is 23.2 Å². The van der Waals surface area contributed by atoms with E-state index in [2.05, 4.69) is 10.6 Å². The molecule has 2 N–H and O–H groups in total. The van der Waals surface area contributed by atoms with Gasteiger partial charge in [0.1, 0.15) is 5.02 Å². The van der Waals surface area contributed by atoms with E-state index in [1.54, 1.807) is 6.07 Å². The summed E-state index contributed by atoms with van der Waals surface area (Å²) in [7, 11) is 0. The topological polar surface area (TPSA) is 59.6 Å². The van der Waals surface area contributed by atoms with Crippen molar-refractivity contribution in [1.82, 2.24) is 5.32 Å². The van der Waals surface area contributed by atoms with Crippen LogP contribution in [0.2, 0.25) is 5.02 Å². The number of carbonyl (C=O) groups excluding carboxylic acids is 1. The smallest absolute Gasteiger partial charge is 0.257 e. The highest BCUT2D eigenvalue weighted by molar-refractivity contribution is 6.35. The van der Waals surface area contributed by atoms with Crippen LogP contribution in [0.1, 0.15) is 23.2 Å². The zero-order valence-corrected chi connectivity index (χ0v) is 11.1. The van der Waals surface area contributed by atoms with E-state index in [-0.39, 0.29) is 12.6 Å². The van der Waals surface area contributed by atoms with Crippen molar-refractivity contribution in [2.75, 3.05) is 25.3 Å². The summed E-state index contributed by atoms with van der Waals surface area (Å²) in [6, 6.07) is 3.91. The minimum absolute atomic E-state index is 0.152. The average molecular weight is 283 g/mol. The zero-order valence-electron chi connectivity index (χ0n) is 10.4. The molecule has 6 heteroatoms. The summed E-state index contributed by atoms with van der Waals surface area (Å²) in [5, 5.41) is 6.47. The van der Waals surface area contributed by atoms with E-state index in [1.165, 1.54) is 0 Å². The van der Waals surface area contributed by atoms with Crippen molar-refractivity contribution in [2.45, 2.75) is 18.9 Å². The van der Waals surface area contributed by atoms with Crippen LogP contribution < -0.4 is 15.4 Å². The standard InChI is InChI=1S/C13H15ClN2O3/c14-11-10(16-8-3-5-18-6-4-8)2-1-9-12(11)19-7-15-13(9)17/h1-2,8,16H,3-7H2,(H,15,17). The third-order valence-corrected chi connectivity index (χ3v) is 3.75. The van der Waals surface area contributed by atoms with Crippen LogP contribution in [0.5, 0.6) is 5.75 Å². The van der Waals surface area contributed by atoms with Gasteiger partial charge in [0.2, 0.25) is 0 Å². The minimum atomic E-state index is -0.152. The maximum Gasteiger partial charge on any atom is 0.257 e. The molecule has 0 bridgehead atoms. The Morgan fingerprint density at radius 1 is 1.32 bits per heavy atom. The van der Waals surface area contributed by atoms with Crippen LogP contribution in [0.4, 0.5) is 5.69 Å². The van der Waals surface area contributed by atoms with Crippen LogP contribution in [0, 0.1) is 0 Å². The second-order valence-electron chi connectivity index (χ2n) is 4.63. The van der Waals surface area contributed by atoms with E-state index >= 15 is 0 Å². The number of hydrogen-bond donors (Lipinski definition) is 2. The molecular formula is C13H15ClN2O3. The molecule has 0 spiro atoms. The van der Waals surface area contributed by atoms with Crippen LogP contribution in [-0.4, -0.2) is 31.9 Å². The van der Waals surface area contributed by atoms with Crippen molar-refractivity contribution in [3.8, 4) is 5.75 Å². The number of amides is 1. The SMILES string of the molecule is O=C1NCOc2c1ccc(NC1CCOCC1)c2Cl. The molecule has 1 amide bonds. The van der Waals surface area contributed by atoms with Gasteiger partial charge in [0, 0.05) is 19.3 Å². The fraction of sp³-hybridized carbons (Fsp3) is 0.462. The summed E-state index contributed by atoms with van der Waals surface area (Å²) in [6.45, 7) is 1.69. The number of halogens is 1. The molecule has 19 heavy (non-hydrogen) atoms. The Balaban J connectivity index is 1.84. The number of benzene rings is 1. The van der Waals surface area contributed by atoms with Crippen molar-refractivity contribution in [3.05, 3.63) is 22.7 Å². The molecule has 3 rings (SSSR count). The summed E-state index contributed by atoms with van der Waals surface area (Å²) in [6.07, 6.45) is 1.91. The van der Waals surface area contributed by atoms with Gasteiger partial charge in [-0.05, 0) is 25.0 Å². The summed E-state index contributed by atoms with van der Waals surface area (Å²) < 4.78 is 10.7. The summed E-state index contributed by atoms with van der Waals surface area (Å²) in [5.74, 6) is 0.309. The lowest BCUT2D eigenvalue weighted by Gasteiger charge is -2.26. The van der Waals surface area contributed by atoms with Crippen LogP contribution in [-0.2, 0) is 4.74 Å². The molecule has 0 atom stereocenters. The Bertz CT molecular complexity index is 501. The van der Waals surface area contributed by atoms with Crippen LogP contribution >= 0.6 is 11.6 Å². The molecule has 1 saturated heterocycles. The molecule has 102 valence electrons. The fourth-order valence-corrected chi connectivity index (χ4v) is 2.59. The van der Waals surface area contributed by atoms with Gasteiger partial charge in [0.15, 0.2) is 12.5 Å². The number of ether oxygens (including phenoxy) is 2. The second-order valence-corrected chi connectivity index (χ2v) is 5.01. The first kappa shape index (κ1) is 12.6. The van der Waals surface area contributed by atoms with E-state index in [9.17, 15) is 4.79 Å². The van der Waals surface area contributed by atoms with E-state index in [4.69, 9.17) is 21.1 Å². The summed E-state index contributed by atoms with van der Waals surface area (Å²) in [4.78, 5) is 11.7. The first-order valence-corrected chi connectivity index (χ1v) is 6.71. The highest BCUT2D eigenvalue weighted by Gasteiger charge is 2.23. The average Bonchev–Trinajstić information content (AvgIpc) is 2.44. The normalized spacial score (nSPS) is 19.3. The lowest BCUT2D eigenvalue weighted by atomic mass is 10.1. The lowest BCUT2D eigenvalue weighted by molar-refractivity contribution is 0.0883. The second kappa shape index (κ2) is 5.27. The van der Waals surface area contributed by atoms with Crippen molar-refractivity contribution in [2.24, 2.45) is 0 Å². The van der Waals surface area contributed by atoms with Crippen molar-refractivity contribution < 1.29 is 14.3 Å². The molecule has 1 fully saturated rings. The molecule has 0 unspecified atom stereocenters. The van der Waals surface area contributed by atoms with E-state index in [0.717, 1.165) is 31.7 Å². The third-order valence-electron chi connectivity index (χ3n) is 3.37. The van der Waals surface area contributed by atoms with Gasteiger partial charge in [-0.1, -0.05) is 11.6 Å². The van der Waals surface area contributed by atoms with E-state index in [1.807, 2.05) is 6.07 Å². The molecule has 2 aliphatic heterocycles. The number of hydrogen-bond acceptors (Lipinski definition) is 4. The lowest BCUT2D eigenvalue weighted by Crippen LogP contribution is -2.33. The highest BCUT2D eigenvalue weighted by atomic mass is 35.5. The van der Waals surface area contributed by atoms with Crippen molar-refractivity contribution in [3.63, 3.8) is 0 Å². The van der Waals surface area contributed by atoms with Gasteiger partial charge in [0.25, 0.3) is 5.91 Å². The van der Waals surface area contributed by atoms with Gasteiger partial charge in [0.05, 0.1) is 11.3 Å². The predicted molar refractivity (Wildman–Crippen MR) is 71.9 cm³/mol. The van der Waals surface area contributed by atoms with Crippen LogP contribution in [0.15, 0.2) is 12.1 Å². The number of fused-ring (bicyclic) bond motifs is 1.